The summed E-state index contributed by atoms with van der Waals surface area (Å²) in [7, 11) is 0. The quantitative estimate of drug-likeness (QED) is 0.548. The van der Waals surface area contributed by atoms with Crippen LogP contribution >= 0.6 is 0 Å². The van der Waals surface area contributed by atoms with Gasteiger partial charge in [0, 0.05) is 5.69 Å². The predicted octanol–water partition coefficient (Wildman–Crippen LogP) is 2.92. The SMILES string of the molecule is C=CC1N(c2ccc(C)cc2)C(=O)C1(C)C. The van der Waals surface area contributed by atoms with Gasteiger partial charge in [-0.1, -0.05) is 23.8 Å². The van der Waals surface area contributed by atoms with Crippen LogP contribution in [0.15, 0.2) is 36.9 Å². The number of carbonyl (C=O) groups is 1. The fourth-order valence-electron chi connectivity index (χ4n) is 2.20. The van der Waals surface area contributed by atoms with Crippen molar-refractivity contribution < 1.29 is 4.79 Å². The van der Waals surface area contributed by atoms with Gasteiger partial charge in [-0.2, -0.15) is 0 Å². The van der Waals surface area contributed by atoms with Gasteiger partial charge >= 0.3 is 0 Å². The Kier molecular flexibility index (Phi) is 2.38. The number of nitrogens with zero attached hydrogens (tertiary/aromatic N) is 1. The number of anilines is 1. The van der Waals surface area contributed by atoms with Gasteiger partial charge in [-0.05, 0) is 32.9 Å². The van der Waals surface area contributed by atoms with Crippen LogP contribution in [0.5, 0.6) is 0 Å². The van der Waals surface area contributed by atoms with Gasteiger partial charge in [0.2, 0.25) is 5.91 Å². The molecule has 2 heteroatoms. The van der Waals surface area contributed by atoms with E-state index < -0.39 is 0 Å². The molecular formula is C14H17NO. The minimum atomic E-state index is -0.313. The molecule has 0 N–H and O–H groups in total. The molecule has 16 heavy (non-hydrogen) atoms. The summed E-state index contributed by atoms with van der Waals surface area (Å²) in [5.74, 6) is 0.168. The fourth-order valence-corrected chi connectivity index (χ4v) is 2.20. The first-order valence-corrected chi connectivity index (χ1v) is 5.51. The third-order valence-corrected chi connectivity index (χ3v) is 3.32. The molecule has 1 aliphatic rings. The molecule has 1 unspecified atom stereocenters. The van der Waals surface area contributed by atoms with Crippen molar-refractivity contribution in [3.05, 3.63) is 42.5 Å². The molecule has 1 aliphatic heterocycles. The van der Waals surface area contributed by atoms with E-state index in [1.54, 1.807) is 0 Å². The lowest BCUT2D eigenvalue weighted by molar-refractivity contribution is -0.135. The van der Waals surface area contributed by atoms with Crippen LogP contribution < -0.4 is 4.90 Å². The average Bonchev–Trinajstić information content (AvgIpc) is 2.26. The van der Waals surface area contributed by atoms with Gasteiger partial charge in [-0.25, -0.2) is 0 Å². The number of aryl methyl sites for hydroxylation is 1. The summed E-state index contributed by atoms with van der Waals surface area (Å²) in [6.45, 7) is 9.78. The maximum Gasteiger partial charge on any atom is 0.235 e. The molecule has 0 spiro atoms. The molecule has 1 saturated heterocycles. The van der Waals surface area contributed by atoms with E-state index >= 15 is 0 Å². The number of rotatable bonds is 2. The van der Waals surface area contributed by atoms with E-state index in [9.17, 15) is 4.79 Å². The first kappa shape index (κ1) is 10.9. The van der Waals surface area contributed by atoms with Crippen molar-refractivity contribution in [2.45, 2.75) is 26.8 Å². The summed E-state index contributed by atoms with van der Waals surface area (Å²) in [5, 5.41) is 0. The van der Waals surface area contributed by atoms with Crippen molar-refractivity contribution in [1.82, 2.24) is 0 Å². The molecule has 0 aliphatic carbocycles. The molecule has 1 aromatic rings. The van der Waals surface area contributed by atoms with Gasteiger partial charge in [0.1, 0.15) is 0 Å². The van der Waals surface area contributed by atoms with Crippen LogP contribution in [-0.2, 0) is 4.79 Å². The molecule has 1 aromatic carbocycles. The largest absolute Gasteiger partial charge is 0.304 e. The summed E-state index contributed by atoms with van der Waals surface area (Å²) in [6, 6.07) is 8.11. The van der Waals surface area contributed by atoms with E-state index in [1.165, 1.54) is 5.56 Å². The van der Waals surface area contributed by atoms with Crippen molar-refractivity contribution in [3.63, 3.8) is 0 Å². The van der Waals surface area contributed by atoms with Crippen LogP contribution in [0.2, 0.25) is 0 Å². The molecule has 2 nitrogen and oxygen atoms in total. The van der Waals surface area contributed by atoms with E-state index in [0.29, 0.717) is 0 Å². The second-order valence-corrected chi connectivity index (χ2v) is 4.91. The monoisotopic (exact) mass is 215 g/mol. The molecule has 1 amide bonds. The van der Waals surface area contributed by atoms with Crippen LogP contribution in [0.1, 0.15) is 19.4 Å². The summed E-state index contributed by atoms with van der Waals surface area (Å²) < 4.78 is 0. The Hall–Kier alpha value is -1.57. The summed E-state index contributed by atoms with van der Waals surface area (Å²) in [6.07, 6.45) is 1.85. The molecule has 0 bridgehead atoms. The molecule has 0 saturated carbocycles. The first-order valence-electron chi connectivity index (χ1n) is 5.51. The number of β-lactam (4-membered cyclic amide) rings is 1. The zero-order valence-electron chi connectivity index (χ0n) is 10.0. The van der Waals surface area contributed by atoms with Crippen molar-refractivity contribution in [3.8, 4) is 0 Å². The minimum absolute atomic E-state index is 0.0997. The van der Waals surface area contributed by atoms with Gasteiger partial charge in [-0.15, -0.1) is 6.58 Å². The number of amides is 1. The van der Waals surface area contributed by atoms with Gasteiger partial charge in [0.05, 0.1) is 11.5 Å². The minimum Gasteiger partial charge on any atom is -0.304 e. The Labute approximate surface area is 96.6 Å². The van der Waals surface area contributed by atoms with Crippen LogP contribution in [0.3, 0.4) is 0 Å². The number of hydrogen-bond acceptors (Lipinski definition) is 1. The summed E-state index contributed by atoms with van der Waals surface area (Å²) >= 11 is 0. The Bertz CT molecular complexity index is 431. The summed E-state index contributed by atoms with van der Waals surface area (Å²) in [4.78, 5) is 13.8. The normalized spacial score (nSPS) is 22.8. The second-order valence-electron chi connectivity index (χ2n) is 4.91. The third-order valence-electron chi connectivity index (χ3n) is 3.32. The lowest BCUT2D eigenvalue weighted by Crippen LogP contribution is -2.66. The highest BCUT2D eigenvalue weighted by Crippen LogP contribution is 2.42. The molecule has 1 atom stereocenters. The Morgan fingerprint density at radius 2 is 1.88 bits per heavy atom. The highest BCUT2D eigenvalue weighted by Gasteiger charge is 2.53. The first-order chi connectivity index (χ1) is 7.48. The van der Waals surface area contributed by atoms with Crippen LogP contribution in [0, 0.1) is 12.3 Å². The Balaban J connectivity index is 2.33. The standard InChI is InChI=1S/C14H17NO/c1-5-12-14(3,4)13(16)15(12)11-8-6-10(2)7-9-11/h5-9,12H,1H2,2-4H3. The molecule has 84 valence electrons. The van der Waals surface area contributed by atoms with Crippen LogP contribution in [0.25, 0.3) is 0 Å². The molecule has 1 fully saturated rings. The number of carbonyl (C=O) groups excluding carboxylic acids is 1. The average molecular weight is 215 g/mol. The van der Waals surface area contributed by atoms with Gasteiger partial charge in [0.15, 0.2) is 0 Å². The molecule has 2 rings (SSSR count). The van der Waals surface area contributed by atoms with Gasteiger partial charge in [-0.3, -0.25) is 4.79 Å². The zero-order chi connectivity index (χ0) is 11.9. The number of hydrogen-bond donors (Lipinski definition) is 0. The second kappa shape index (κ2) is 3.48. The Morgan fingerprint density at radius 1 is 1.31 bits per heavy atom. The third kappa shape index (κ3) is 1.37. The molecule has 0 aromatic heterocycles. The lowest BCUT2D eigenvalue weighted by atomic mass is 9.73. The Morgan fingerprint density at radius 3 is 2.38 bits per heavy atom. The summed E-state index contributed by atoms with van der Waals surface area (Å²) in [5.41, 5.74) is 1.85. The van der Waals surface area contributed by atoms with Gasteiger partial charge in [0.25, 0.3) is 0 Å². The van der Waals surface area contributed by atoms with Crippen molar-refractivity contribution in [2.24, 2.45) is 5.41 Å². The maximum absolute atomic E-state index is 12.0. The van der Waals surface area contributed by atoms with E-state index in [1.807, 2.05) is 56.0 Å². The van der Waals surface area contributed by atoms with Crippen molar-refractivity contribution in [2.75, 3.05) is 4.90 Å². The smallest absolute Gasteiger partial charge is 0.235 e. The van der Waals surface area contributed by atoms with E-state index in [2.05, 4.69) is 6.58 Å². The highest BCUT2D eigenvalue weighted by atomic mass is 16.2. The predicted molar refractivity (Wildman–Crippen MR) is 66.4 cm³/mol. The zero-order valence-corrected chi connectivity index (χ0v) is 10.0. The van der Waals surface area contributed by atoms with Gasteiger partial charge < -0.3 is 4.90 Å². The van der Waals surface area contributed by atoms with Crippen molar-refractivity contribution in [1.29, 1.82) is 0 Å². The lowest BCUT2D eigenvalue weighted by Gasteiger charge is -2.51. The van der Waals surface area contributed by atoms with E-state index in [0.717, 1.165) is 5.69 Å². The number of benzene rings is 1. The molecule has 0 radical (unpaired) electrons. The van der Waals surface area contributed by atoms with Crippen LogP contribution in [-0.4, -0.2) is 11.9 Å². The van der Waals surface area contributed by atoms with Crippen LogP contribution in [0.4, 0.5) is 5.69 Å². The highest BCUT2D eigenvalue weighted by molar-refractivity contribution is 6.06. The van der Waals surface area contributed by atoms with E-state index in [-0.39, 0.29) is 17.4 Å². The fraction of sp³-hybridized carbons (Fsp3) is 0.357. The van der Waals surface area contributed by atoms with E-state index in [4.69, 9.17) is 0 Å². The molecule has 1 heterocycles. The van der Waals surface area contributed by atoms with Crippen molar-refractivity contribution >= 4 is 11.6 Å². The molecular weight excluding hydrogens is 198 g/mol. The maximum atomic E-state index is 12.0. The topological polar surface area (TPSA) is 20.3 Å².